The third-order valence-corrected chi connectivity index (χ3v) is 3.98. The Morgan fingerprint density at radius 3 is 2.64 bits per heavy atom. The molecule has 22 heavy (non-hydrogen) atoms. The zero-order valence-electron chi connectivity index (χ0n) is 12.8. The van der Waals surface area contributed by atoms with E-state index in [0.717, 1.165) is 16.7 Å². The minimum Gasteiger partial charge on any atom is -0.368 e. The van der Waals surface area contributed by atoms with Crippen LogP contribution in [0, 0.1) is 13.8 Å². The lowest BCUT2D eigenvalue weighted by atomic mass is 10.0. The maximum Gasteiger partial charge on any atom is 0.243 e. The summed E-state index contributed by atoms with van der Waals surface area (Å²) in [7, 11) is 0. The van der Waals surface area contributed by atoms with Gasteiger partial charge in [-0.05, 0) is 37.0 Å². The topological polar surface area (TPSA) is 101 Å². The molecule has 3 amide bonds. The monoisotopic (exact) mass is 303 g/mol. The number of hydrogen-bond acceptors (Lipinski definition) is 3. The summed E-state index contributed by atoms with van der Waals surface area (Å²) in [6.45, 7) is 4.00. The van der Waals surface area contributed by atoms with Crippen LogP contribution < -0.4 is 16.4 Å². The summed E-state index contributed by atoms with van der Waals surface area (Å²) in [5, 5.41) is 5.21. The Bertz CT molecular complexity index is 613. The van der Waals surface area contributed by atoms with Gasteiger partial charge in [0.1, 0.15) is 12.1 Å². The molecule has 1 aliphatic heterocycles. The van der Waals surface area contributed by atoms with Crippen molar-refractivity contribution in [2.45, 2.75) is 45.2 Å². The fourth-order valence-electron chi connectivity index (χ4n) is 2.47. The van der Waals surface area contributed by atoms with Gasteiger partial charge in [0.2, 0.25) is 17.7 Å². The fraction of sp³-hybridized carbons (Fsp3) is 0.438. The molecule has 1 saturated heterocycles. The van der Waals surface area contributed by atoms with E-state index in [0.29, 0.717) is 19.3 Å². The van der Waals surface area contributed by atoms with Crippen LogP contribution in [-0.4, -0.2) is 29.8 Å². The van der Waals surface area contributed by atoms with Gasteiger partial charge in [-0.25, -0.2) is 0 Å². The number of hydrogen-bond donors (Lipinski definition) is 3. The highest BCUT2D eigenvalue weighted by Crippen LogP contribution is 2.12. The molecular formula is C16H21N3O3. The van der Waals surface area contributed by atoms with E-state index >= 15 is 0 Å². The van der Waals surface area contributed by atoms with Crippen LogP contribution >= 0.6 is 0 Å². The highest BCUT2D eigenvalue weighted by molar-refractivity contribution is 5.93. The molecule has 0 aliphatic carbocycles. The van der Waals surface area contributed by atoms with E-state index in [2.05, 4.69) is 10.6 Å². The molecule has 0 bridgehead atoms. The van der Waals surface area contributed by atoms with Gasteiger partial charge in [0.15, 0.2) is 0 Å². The molecule has 1 fully saturated rings. The summed E-state index contributed by atoms with van der Waals surface area (Å²) in [5.74, 6) is -1.10. The van der Waals surface area contributed by atoms with Gasteiger partial charge in [-0.3, -0.25) is 14.4 Å². The summed E-state index contributed by atoms with van der Waals surface area (Å²) < 4.78 is 0. The molecule has 0 spiro atoms. The van der Waals surface area contributed by atoms with E-state index in [1.807, 2.05) is 32.0 Å². The van der Waals surface area contributed by atoms with Crippen molar-refractivity contribution in [2.75, 3.05) is 0 Å². The van der Waals surface area contributed by atoms with Gasteiger partial charge in [-0.2, -0.15) is 0 Å². The van der Waals surface area contributed by atoms with Crippen LogP contribution in [0.5, 0.6) is 0 Å². The van der Waals surface area contributed by atoms with Gasteiger partial charge < -0.3 is 16.4 Å². The lowest BCUT2D eigenvalue weighted by molar-refractivity contribution is -0.129. The largest absolute Gasteiger partial charge is 0.368 e. The number of primary amides is 1. The molecule has 4 N–H and O–H groups in total. The van der Waals surface area contributed by atoms with Gasteiger partial charge in [-0.1, -0.05) is 18.2 Å². The van der Waals surface area contributed by atoms with Crippen molar-refractivity contribution < 1.29 is 14.4 Å². The van der Waals surface area contributed by atoms with Gasteiger partial charge in [0.05, 0.1) is 0 Å². The van der Waals surface area contributed by atoms with E-state index in [1.165, 1.54) is 0 Å². The Morgan fingerprint density at radius 2 is 2.09 bits per heavy atom. The second kappa shape index (κ2) is 6.60. The maximum absolute atomic E-state index is 12.1. The smallest absolute Gasteiger partial charge is 0.243 e. The van der Waals surface area contributed by atoms with Gasteiger partial charge in [0.25, 0.3) is 0 Å². The number of aryl methyl sites for hydroxylation is 2. The standard InChI is InChI=1S/C16H21N3O3/c1-9-3-4-11(7-10(9)2)8-13(15(17)21)19-16(22)12-5-6-14(20)18-12/h3-4,7,12-13H,5-6,8H2,1-2H3,(H2,17,21)(H,18,20)(H,19,22)/t12-,13-/m1/s1. The molecule has 118 valence electrons. The van der Waals surface area contributed by atoms with Crippen LogP contribution in [0.1, 0.15) is 29.5 Å². The van der Waals surface area contributed by atoms with E-state index in [1.54, 1.807) is 0 Å². The number of rotatable bonds is 5. The molecule has 0 aromatic heterocycles. The first-order chi connectivity index (χ1) is 10.4. The molecule has 6 nitrogen and oxygen atoms in total. The number of carbonyl (C=O) groups excluding carboxylic acids is 3. The van der Waals surface area contributed by atoms with E-state index < -0.39 is 18.0 Å². The molecule has 2 atom stereocenters. The Morgan fingerprint density at radius 1 is 1.36 bits per heavy atom. The van der Waals surface area contributed by atoms with Crippen molar-refractivity contribution in [2.24, 2.45) is 5.73 Å². The number of amides is 3. The molecule has 1 aromatic rings. The minimum atomic E-state index is -0.785. The molecule has 0 radical (unpaired) electrons. The Balaban J connectivity index is 2.03. The predicted octanol–water partition coefficient (Wildman–Crippen LogP) is 0.0946. The van der Waals surface area contributed by atoms with Gasteiger partial charge in [-0.15, -0.1) is 0 Å². The molecule has 1 aliphatic rings. The normalized spacial score (nSPS) is 18.6. The lowest BCUT2D eigenvalue weighted by Gasteiger charge is -2.18. The second-order valence-corrected chi connectivity index (χ2v) is 5.75. The van der Waals surface area contributed by atoms with Gasteiger partial charge >= 0.3 is 0 Å². The van der Waals surface area contributed by atoms with Crippen molar-refractivity contribution in [3.8, 4) is 0 Å². The predicted molar refractivity (Wildman–Crippen MR) is 81.9 cm³/mol. The van der Waals surface area contributed by atoms with Crippen LogP contribution in [0.25, 0.3) is 0 Å². The average Bonchev–Trinajstić information content (AvgIpc) is 2.88. The van der Waals surface area contributed by atoms with Crippen LogP contribution in [-0.2, 0) is 20.8 Å². The van der Waals surface area contributed by atoms with E-state index in [9.17, 15) is 14.4 Å². The van der Waals surface area contributed by atoms with Crippen molar-refractivity contribution in [1.82, 2.24) is 10.6 Å². The number of nitrogens with two attached hydrogens (primary N) is 1. The summed E-state index contributed by atoms with van der Waals surface area (Å²) in [5.41, 5.74) is 8.60. The van der Waals surface area contributed by atoms with Crippen molar-refractivity contribution in [3.63, 3.8) is 0 Å². The summed E-state index contributed by atoms with van der Waals surface area (Å²) >= 11 is 0. The Kier molecular flexibility index (Phi) is 4.80. The van der Waals surface area contributed by atoms with Crippen LogP contribution in [0.2, 0.25) is 0 Å². The van der Waals surface area contributed by atoms with Crippen molar-refractivity contribution >= 4 is 17.7 Å². The Labute approximate surface area is 129 Å². The third-order valence-electron chi connectivity index (χ3n) is 3.98. The first-order valence-electron chi connectivity index (χ1n) is 7.32. The Hall–Kier alpha value is -2.37. The lowest BCUT2D eigenvalue weighted by Crippen LogP contribution is -2.51. The zero-order chi connectivity index (χ0) is 16.3. The zero-order valence-corrected chi connectivity index (χ0v) is 12.8. The number of carbonyl (C=O) groups is 3. The molecule has 0 unspecified atom stereocenters. The van der Waals surface area contributed by atoms with Crippen molar-refractivity contribution in [3.05, 3.63) is 34.9 Å². The summed E-state index contributed by atoms with van der Waals surface area (Å²) in [4.78, 5) is 34.8. The van der Waals surface area contributed by atoms with E-state index in [4.69, 9.17) is 5.73 Å². The molecular weight excluding hydrogens is 282 g/mol. The summed E-state index contributed by atoms with van der Waals surface area (Å²) in [6, 6.07) is 4.51. The highest BCUT2D eigenvalue weighted by atomic mass is 16.2. The molecule has 2 rings (SSSR count). The van der Waals surface area contributed by atoms with Crippen LogP contribution in [0.4, 0.5) is 0 Å². The third kappa shape index (κ3) is 3.84. The fourth-order valence-corrected chi connectivity index (χ4v) is 2.47. The summed E-state index contributed by atoms with van der Waals surface area (Å²) in [6.07, 6.45) is 1.11. The second-order valence-electron chi connectivity index (χ2n) is 5.75. The quantitative estimate of drug-likeness (QED) is 0.718. The molecule has 6 heteroatoms. The minimum absolute atomic E-state index is 0.148. The molecule has 1 heterocycles. The van der Waals surface area contributed by atoms with Crippen LogP contribution in [0.15, 0.2) is 18.2 Å². The first-order valence-corrected chi connectivity index (χ1v) is 7.32. The number of benzene rings is 1. The van der Waals surface area contributed by atoms with Crippen molar-refractivity contribution in [1.29, 1.82) is 0 Å². The average molecular weight is 303 g/mol. The van der Waals surface area contributed by atoms with E-state index in [-0.39, 0.29) is 11.8 Å². The highest BCUT2D eigenvalue weighted by Gasteiger charge is 2.29. The molecule has 1 aromatic carbocycles. The van der Waals surface area contributed by atoms with Crippen LogP contribution in [0.3, 0.4) is 0 Å². The SMILES string of the molecule is Cc1ccc(C[C@@H](NC(=O)[C@H]2CCC(=O)N2)C(N)=O)cc1C. The maximum atomic E-state index is 12.1. The number of nitrogens with one attached hydrogen (secondary N) is 2. The first kappa shape index (κ1) is 16.0. The van der Waals surface area contributed by atoms with Gasteiger partial charge in [0, 0.05) is 12.8 Å². The molecule has 0 saturated carbocycles.